The molecule has 0 aliphatic carbocycles. The second-order valence-corrected chi connectivity index (χ2v) is 3.35. The molecule has 92 valence electrons. The second-order valence-electron chi connectivity index (χ2n) is 3.35. The molecular formula is C11H9F3O3. The molecule has 1 unspecified atom stereocenters. The first-order valence-electron chi connectivity index (χ1n) is 4.51. The van der Waals surface area contributed by atoms with Crippen LogP contribution in [0.2, 0.25) is 0 Å². The second kappa shape index (κ2) is 4.58. The highest BCUT2D eigenvalue weighted by atomic mass is 19.4. The van der Waals surface area contributed by atoms with Crippen LogP contribution in [0.3, 0.4) is 0 Å². The standard InChI is InChI=1S/C11H9F3O3/c1-6(10(16)17)9(15)7-2-4-8(5-3-7)11(12,13)14/h2-5,9,15H,1H2,(H,16,17). The number of aliphatic carboxylic acids is 1. The maximum Gasteiger partial charge on any atom is 0.416 e. The fraction of sp³-hybridized carbons (Fsp3) is 0.182. The summed E-state index contributed by atoms with van der Waals surface area (Å²) < 4.78 is 36.7. The summed E-state index contributed by atoms with van der Waals surface area (Å²) in [6.07, 6.45) is -5.98. The zero-order chi connectivity index (χ0) is 13.2. The minimum absolute atomic E-state index is 0.0467. The minimum Gasteiger partial charge on any atom is -0.478 e. The van der Waals surface area contributed by atoms with E-state index < -0.39 is 29.4 Å². The molecule has 0 fully saturated rings. The average Bonchev–Trinajstić information content (AvgIpc) is 2.26. The largest absolute Gasteiger partial charge is 0.478 e. The number of aliphatic hydroxyl groups excluding tert-OH is 1. The van der Waals surface area contributed by atoms with E-state index in [0.29, 0.717) is 0 Å². The molecule has 0 heterocycles. The third kappa shape index (κ3) is 3.07. The number of carbonyl (C=O) groups is 1. The van der Waals surface area contributed by atoms with Crippen LogP contribution in [0.15, 0.2) is 36.4 Å². The molecule has 1 aromatic rings. The minimum atomic E-state index is -4.46. The van der Waals surface area contributed by atoms with Gasteiger partial charge in [0.05, 0.1) is 11.1 Å². The Bertz CT molecular complexity index is 434. The van der Waals surface area contributed by atoms with Gasteiger partial charge in [-0.25, -0.2) is 4.79 Å². The van der Waals surface area contributed by atoms with Crippen LogP contribution >= 0.6 is 0 Å². The third-order valence-electron chi connectivity index (χ3n) is 2.16. The quantitative estimate of drug-likeness (QED) is 0.805. The molecule has 1 aromatic carbocycles. The van der Waals surface area contributed by atoms with Crippen LogP contribution in [0, 0.1) is 0 Å². The Morgan fingerprint density at radius 3 is 2.06 bits per heavy atom. The van der Waals surface area contributed by atoms with Crippen molar-refractivity contribution in [1.29, 1.82) is 0 Å². The number of carboxylic acid groups (broad SMARTS) is 1. The van der Waals surface area contributed by atoms with Crippen molar-refractivity contribution in [2.24, 2.45) is 0 Å². The van der Waals surface area contributed by atoms with Gasteiger partial charge in [-0.05, 0) is 17.7 Å². The van der Waals surface area contributed by atoms with Crippen molar-refractivity contribution < 1.29 is 28.2 Å². The van der Waals surface area contributed by atoms with Crippen LogP contribution in [0.1, 0.15) is 17.2 Å². The Morgan fingerprint density at radius 2 is 1.71 bits per heavy atom. The Kier molecular flexibility index (Phi) is 3.57. The summed E-state index contributed by atoms with van der Waals surface area (Å²) >= 11 is 0. The molecular weight excluding hydrogens is 237 g/mol. The van der Waals surface area contributed by atoms with E-state index in [2.05, 4.69) is 6.58 Å². The summed E-state index contributed by atoms with van der Waals surface area (Å²) in [5.41, 5.74) is -1.32. The van der Waals surface area contributed by atoms with Gasteiger partial charge in [-0.15, -0.1) is 0 Å². The first-order chi connectivity index (χ1) is 7.73. The van der Waals surface area contributed by atoms with Crippen LogP contribution in [-0.4, -0.2) is 16.2 Å². The van der Waals surface area contributed by atoms with Crippen molar-refractivity contribution in [3.05, 3.63) is 47.5 Å². The molecule has 0 spiro atoms. The van der Waals surface area contributed by atoms with E-state index in [-0.39, 0.29) is 5.56 Å². The van der Waals surface area contributed by atoms with Gasteiger partial charge in [0, 0.05) is 0 Å². The first-order valence-corrected chi connectivity index (χ1v) is 4.51. The summed E-state index contributed by atoms with van der Waals surface area (Å²) in [4.78, 5) is 10.5. The smallest absolute Gasteiger partial charge is 0.416 e. The van der Waals surface area contributed by atoms with Gasteiger partial charge in [0.25, 0.3) is 0 Å². The van der Waals surface area contributed by atoms with Gasteiger partial charge >= 0.3 is 12.1 Å². The average molecular weight is 246 g/mol. The number of hydrogen-bond acceptors (Lipinski definition) is 2. The van der Waals surface area contributed by atoms with E-state index in [1.165, 1.54) is 0 Å². The number of halogens is 3. The van der Waals surface area contributed by atoms with Gasteiger partial charge < -0.3 is 10.2 Å². The van der Waals surface area contributed by atoms with Gasteiger partial charge in [0.2, 0.25) is 0 Å². The maximum absolute atomic E-state index is 12.2. The molecule has 2 N–H and O–H groups in total. The van der Waals surface area contributed by atoms with Crippen molar-refractivity contribution in [3.8, 4) is 0 Å². The number of alkyl halides is 3. The number of benzene rings is 1. The lowest BCUT2D eigenvalue weighted by Gasteiger charge is -2.12. The van der Waals surface area contributed by atoms with Crippen molar-refractivity contribution in [2.75, 3.05) is 0 Å². The van der Waals surface area contributed by atoms with E-state index >= 15 is 0 Å². The fourth-order valence-corrected chi connectivity index (χ4v) is 1.17. The van der Waals surface area contributed by atoms with Crippen LogP contribution in [0.4, 0.5) is 13.2 Å². The molecule has 0 radical (unpaired) electrons. The van der Waals surface area contributed by atoms with Gasteiger partial charge in [0.1, 0.15) is 6.10 Å². The number of carboxylic acids is 1. The third-order valence-corrected chi connectivity index (χ3v) is 2.16. The predicted octanol–water partition coefficient (Wildman–Crippen LogP) is 2.38. The molecule has 6 heteroatoms. The highest BCUT2D eigenvalue weighted by Gasteiger charge is 2.30. The Balaban J connectivity index is 2.96. The van der Waals surface area contributed by atoms with Gasteiger partial charge in [-0.2, -0.15) is 13.2 Å². The van der Waals surface area contributed by atoms with E-state index in [1.807, 2.05) is 0 Å². The molecule has 0 bridgehead atoms. The SMILES string of the molecule is C=C(C(=O)O)C(O)c1ccc(C(F)(F)F)cc1. The van der Waals surface area contributed by atoms with E-state index in [0.717, 1.165) is 24.3 Å². The molecule has 0 amide bonds. The van der Waals surface area contributed by atoms with E-state index in [1.54, 1.807) is 0 Å². The Labute approximate surface area is 94.8 Å². The normalized spacial score (nSPS) is 13.2. The fourth-order valence-electron chi connectivity index (χ4n) is 1.17. The summed E-state index contributed by atoms with van der Waals surface area (Å²) in [6.45, 7) is 3.13. The van der Waals surface area contributed by atoms with E-state index in [4.69, 9.17) is 5.11 Å². The van der Waals surface area contributed by atoms with Crippen molar-refractivity contribution in [3.63, 3.8) is 0 Å². The van der Waals surface area contributed by atoms with Crippen LogP contribution < -0.4 is 0 Å². The van der Waals surface area contributed by atoms with E-state index in [9.17, 15) is 23.1 Å². The van der Waals surface area contributed by atoms with Crippen molar-refractivity contribution in [1.82, 2.24) is 0 Å². The van der Waals surface area contributed by atoms with Crippen LogP contribution in [-0.2, 0) is 11.0 Å². The summed E-state index contributed by atoms with van der Waals surface area (Å²) in [5.74, 6) is -1.41. The van der Waals surface area contributed by atoms with Crippen LogP contribution in [0.25, 0.3) is 0 Å². The monoisotopic (exact) mass is 246 g/mol. The number of aliphatic hydroxyl groups is 1. The lowest BCUT2D eigenvalue weighted by atomic mass is 10.0. The van der Waals surface area contributed by atoms with Crippen LogP contribution in [0.5, 0.6) is 0 Å². The van der Waals surface area contributed by atoms with Gasteiger partial charge in [0.15, 0.2) is 0 Å². The Morgan fingerprint density at radius 1 is 1.24 bits per heavy atom. The molecule has 0 aliphatic rings. The number of hydrogen-bond donors (Lipinski definition) is 2. The molecule has 0 saturated carbocycles. The first kappa shape index (κ1) is 13.2. The highest BCUT2D eigenvalue weighted by Crippen LogP contribution is 2.30. The number of rotatable bonds is 3. The molecule has 0 aliphatic heterocycles. The summed E-state index contributed by atoms with van der Waals surface area (Å²) in [5, 5.41) is 18.0. The summed E-state index contributed by atoms with van der Waals surface area (Å²) in [7, 11) is 0. The Hall–Kier alpha value is -1.82. The molecule has 3 nitrogen and oxygen atoms in total. The molecule has 0 saturated heterocycles. The van der Waals surface area contributed by atoms with Gasteiger partial charge in [-0.3, -0.25) is 0 Å². The molecule has 0 aromatic heterocycles. The molecule has 17 heavy (non-hydrogen) atoms. The molecule has 1 rings (SSSR count). The highest BCUT2D eigenvalue weighted by molar-refractivity contribution is 5.87. The van der Waals surface area contributed by atoms with Gasteiger partial charge in [-0.1, -0.05) is 18.7 Å². The lowest BCUT2D eigenvalue weighted by molar-refractivity contribution is -0.137. The summed E-state index contributed by atoms with van der Waals surface area (Å²) in [6, 6.07) is 3.57. The zero-order valence-corrected chi connectivity index (χ0v) is 8.53. The zero-order valence-electron chi connectivity index (χ0n) is 8.53. The molecule has 1 atom stereocenters. The van der Waals surface area contributed by atoms with Crippen molar-refractivity contribution >= 4 is 5.97 Å². The maximum atomic E-state index is 12.2. The predicted molar refractivity (Wildman–Crippen MR) is 53.2 cm³/mol. The lowest BCUT2D eigenvalue weighted by Crippen LogP contribution is -2.10. The van der Waals surface area contributed by atoms with Crippen molar-refractivity contribution in [2.45, 2.75) is 12.3 Å². The topological polar surface area (TPSA) is 57.5 Å².